The number of nitrogens with zero attached hydrogens (tertiary/aromatic N) is 4. The average Bonchev–Trinajstić information content (AvgIpc) is 2.69. The number of nitrogens with one attached hydrogen (secondary N) is 1. The van der Waals surface area contributed by atoms with Gasteiger partial charge >= 0.3 is 0 Å². The van der Waals surface area contributed by atoms with E-state index in [2.05, 4.69) is 25.1 Å². The minimum Gasteiger partial charge on any atom is -0.383 e. The van der Waals surface area contributed by atoms with Crippen molar-refractivity contribution in [2.24, 2.45) is 5.92 Å². The van der Waals surface area contributed by atoms with Gasteiger partial charge in [0, 0.05) is 39.3 Å². The predicted molar refractivity (Wildman–Crippen MR) is 96.4 cm³/mol. The van der Waals surface area contributed by atoms with Gasteiger partial charge in [-0.05, 0) is 32.2 Å². The van der Waals surface area contributed by atoms with E-state index >= 15 is 0 Å². The van der Waals surface area contributed by atoms with Crippen LogP contribution in [0, 0.1) is 11.7 Å². The first-order valence-electron chi connectivity index (χ1n) is 9.40. The monoisotopic (exact) mass is 365 g/mol. The zero-order valence-electron chi connectivity index (χ0n) is 15.4. The van der Waals surface area contributed by atoms with Crippen molar-refractivity contribution in [2.75, 3.05) is 51.3 Å². The number of amides is 1. The van der Waals surface area contributed by atoms with Crippen LogP contribution in [-0.2, 0) is 9.53 Å². The summed E-state index contributed by atoms with van der Waals surface area (Å²) in [6.45, 7) is 4.72. The molecule has 0 radical (unpaired) electrons. The molecular formula is C18H28FN5O2. The van der Waals surface area contributed by atoms with Crippen LogP contribution in [0.2, 0.25) is 0 Å². The Bertz CT molecular complexity index is 577. The molecule has 2 saturated heterocycles. The fourth-order valence-electron chi connectivity index (χ4n) is 3.87. The summed E-state index contributed by atoms with van der Waals surface area (Å²) in [5.41, 5.74) is 0. The maximum Gasteiger partial charge on any atom is 0.225 e. The summed E-state index contributed by atoms with van der Waals surface area (Å²) in [4.78, 5) is 25.0. The summed E-state index contributed by atoms with van der Waals surface area (Å²) in [5.74, 6) is 0.397. The van der Waals surface area contributed by atoms with Gasteiger partial charge in [-0.15, -0.1) is 0 Å². The van der Waals surface area contributed by atoms with E-state index < -0.39 is 5.82 Å². The van der Waals surface area contributed by atoms with Crippen LogP contribution in [0.25, 0.3) is 0 Å². The topological polar surface area (TPSA) is 70.6 Å². The minimum absolute atomic E-state index is 0.0686. The van der Waals surface area contributed by atoms with Crippen molar-refractivity contribution in [3.8, 4) is 0 Å². The SMILES string of the molecule is COCCNC(=O)C1CCCN(C2CCN(c3ncc(F)cn3)CC2)C1. The molecule has 0 spiro atoms. The Kier molecular flexibility index (Phi) is 6.73. The lowest BCUT2D eigenvalue weighted by atomic mass is 9.93. The van der Waals surface area contributed by atoms with E-state index in [1.165, 1.54) is 12.4 Å². The summed E-state index contributed by atoms with van der Waals surface area (Å²) in [5, 5.41) is 2.96. The van der Waals surface area contributed by atoms with Gasteiger partial charge in [0.2, 0.25) is 11.9 Å². The number of piperidine rings is 2. The summed E-state index contributed by atoms with van der Waals surface area (Å²) >= 11 is 0. The molecule has 3 heterocycles. The van der Waals surface area contributed by atoms with Crippen molar-refractivity contribution in [3.63, 3.8) is 0 Å². The number of carbonyl (C=O) groups is 1. The number of ether oxygens (including phenoxy) is 1. The zero-order valence-corrected chi connectivity index (χ0v) is 15.4. The van der Waals surface area contributed by atoms with E-state index in [0.717, 1.165) is 51.9 Å². The largest absolute Gasteiger partial charge is 0.383 e. The lowest BCUT2D eigenvalue weighted by molar-refractivity contribution is -0.127. The van der Waals surface area contributed by atoms with Crippen molar-refractivity contribution in [2.45, 2.75) is 31.7 Å². The molecule has 2 fully saturated rings. The van der Waals surface area contributed by atoms with Gasteiger partial charge in [0.25, 0.3) is 0 Å². The molecule has 1 N–H and O–H groups in total. The number of carbonyl (C=O) groups excluding carboxylic acids is 1. The minimum atomic E-state index is -0.410. The first kappa shape index (κ1) is 19.0. The number of hydrogen-bond donors (Lipinski definition) is 1. The Labute approximate surface area is 153 Å². The van der Waals surface area contributed by atoms with E-state index in [1.807, 2.05) is 0 Å². The number of aromatic nitrogens is 2. The molecule has 0 bridgehead atoms. The molecule has 1 unspecified atom stereocenters. The molecule has 7 nitrogen and oxygen atoms in total. The Morgan fingerprint density at radius 3 is 2.69 bits per heavy atom. The highest BCUT2D eigenvalue weighted by Gasteiger charge is 2.31. The summed E-state index contributed by atoms with van der Waals surface area (Å²) in [7, 11) is 1.64. The maximum absolute atomic E-state index is 13.0. The lowest BCUT2D eigenvalue weighted by Crippen LogP contribution is -2.51. The van der Waals surface area contributed by atoms with Crippen molar-refractivity contribution < 1.29 is 13.9 Å². The van der Waals surface area contributed by atoms with Crippen LogP contribution < -0.4 is 10.2 Å². The van der Waals surface area contributed by atoms with E-state index in [4.69, 9.17) is 4.74 Å². The Morgan fingerprint density at radius 1 is 1.27 bits per heavy atom. The quantitative estimate of drug-likeness (QED) is 0.760. The van der Waals surface area contributed by atoms with Crippen molar-refractivity contribution >= 4 is 11.9 Å². The summed E-state index contributed by atoms with van der Waals surface area (Å²) < 4.78 is 18.0. The number of methoxy groups -OCH3 is 1. The molecular weight excluding hydrogens is 337 g/mol. The van der Waals surface area contributed by atoms with E-state index in [9.17, 15) is 9.18 Å². The molecule has 1 aromatic heterocycles. The number of hydrogen-bond acceptors (Lipinski definition) is 6. The Morgan fingerprint density at radius 2 is 2.00 bits per heavy atom. The third-order valence-electron chi connectivity index (χ3n) is 5.30. The van der Waals surface area contributed by atoms with Crippen LogP contribution in [0.4, 0.5) is 10.3 Å². The van der Waals surface area contributed by atoms with Crippen LogP contribution in [-0.4, -0.2) is 73.3 Å². The fourth-order valence-corrected chi connectivity index (χ4v) is 3.87. The normalized spacial score (nSPS) is 22.4. The standard InChI is InChI=1S/C18H28FN5O2/c1-26-10-6-20-17(25)14-3-2-7-24(13-14)16-4-8-23(9-5-16)18-21-11-15(19)12-22-18/h11-12,14,16H,2-10,13H2,1H3,(H,20,25). The van der Waals surface area contributed by atoms with E-state index in [0.29, 0.717) is 25.1 Å². The van der Waals surface area contributed by atoms with Crippen LogP contribution >= 0.6 is 0 Å². The van der Waals surface area contributed by atoms with Crippen LogP contribution in [0.3, 0.4) is 0 Å². The molecule has 26 heavy (non-hydrogen) atoms. The van der Waals surface area contributed by atoms with Gasteiger partial charge in [0.05, 0.1) is 24.9 Å². The highest BCUT2D eigenvalue weighted by Crippen LogP contribution is 2.25. The van der Waals surface area contributed by atoms with Crippen LogP contribution in [0.15, 0.2) is 12.4 Å². The molecule has 8 heteroatoms. The van der Waals surface area contributed by atoms with Gasteiger partial charge in [-0.3, -0.25) is 9.69 Å². The van der Waals surface area contributed by atoms with Crippen molar-refractivity contribution in [3.05, 3.63) is 18.2 Å². The second-order valence-corrected chi connectivity index (χ2v) is 7.04. The molecule has 0 aromatic carbocycles. The Balaban J connectivity index is 1.47. The predicted octanol–water partition coefficient (Wildman–Crippen LogP) is 1.06. The lowest BCUT2D eigenvalue weighted by Gasteiger charge is -2.42. The molecule has 1 atom stereocenters. The van der Waals surface area contributed by atoms with Gasteiger partial charge < -0.3 is 15.0 Å². The molecule has 0 aliphatic carbocycles. The molecule has 1 amide bonds. The third-order valence-corrected chi connectivity index (χ3v) is 5.30. The summed E-state index contributed by atoms with van der Waals surface area (Å²) in [6, 6.07) is 0.487. The smallest absolute Gasteiger partial charge is 0.225 e. The molecule has 0 saturated carbocycles. The average molecular weight is 365 g/mol. The second-order valence-electron chi connectivity index (χ2n) is 7.04. The summed E-state index contributed by atoms with van der Waals surface area (Å²) in [6.07, 6.45) is 6.47. The van der Waals surface area contributed by atoms with Gasteiger partial charge in [-0.25, -0.2) is 14.4 Å². The van der Waals surface area contributed by atoms with Crippen molar-refractivity contribution in [1.29, 1.82) is 0 Å². The van der Waals surface area contributed by atoms with E-state index in [1.54, 1.807) is 7.11 Å². The highest BCUT2D eigenvalue weighted by molar-refractivity contribution is 5.78. The van der Waals surface area contributed by atoms with Gasteiger partial charge in [0.15, 0.2) is 5.82 Å². The maximum atomic E-state index is 13.0. The number of rotatable bonds is 6. The number of anilines is 1. The van der Waals surface area contributed by atoms with Crippen LogP contribution in [0.5, 0.6) is 0 Å². The molecule has 2 aliphatic rings. The van der Waals surface area contributed by atoms with Gasteiger partial charge in [-0.1, -0.05) is 0 Å². The van der Waals surface area contributed by atoms with E-state index in [-0.39, 0.29) is 11.8 Å². The molecule has 2 aliphatic heterocycles. The zero-order chi connectivity index (χ0) is 18.4. The van der Waals surface area contributed by atoms with Crippen LogP contribution in [0.1, 0.15) is 25.7 Å². The molecule has 3 rings (SSSR count). The highest BCUT2D eigenvalue weighted by atomic mass is 19.1. The molecule has 144 valence electrons. The Hall–Kier alpha value is -1.80. The van der Waals surface area contributed by atoms with Gasteiger partial charge in [-0.2, -0.15) is 0 Å². The molecule has 1 aromatic rings. The van der Waals surface area contributed by atoms with Crippen molar-refractivity contribution in [1.82, 2.24) is 20.2 Å². The fraction of sp³-hybridized carbons (Fsp3) is 0.722. The number of likely N-dealkylation sites (tertiary alicyclic amines) is 1. The first-order valence-corrected chi connectivity index (χ1v) is 9.40. The number of halogens is 1. The first-order chi connectivity index (χ1) is 12.7. The van der Waals surface area contributed by atoms with Gasteiger partial charge in [0.1, 0.15) is 0 Å². The third kappa shape index (κ3) is 4.88. The second kappa shape index (κ2) is 9.23.